The number of piperidine rings is 2. The van der Waals surface area contributed by atoms with Gasteiger partial charge in [-0.1, -0.05) is 36.4 Å². The van der Waals surface area contributed by atoms with Crippen LogP contribution in [0.2, 0.25) is 0 Å². The van der Waals surface area contributed by atoms with E-state index in [2.05, 4.69) is 11.9 Å². The highest BCUT2D eigenvalue weighted by Crippen LogP contribution is 2.58. The summed E-state index contributed by atoms with van der Waals surface area (Å²) in [6, 6.07) is 15.3. The van der Waals surface area contributed by atoms with Gasteiger partial charge in [-0.15, -0.1) is 0 Å². The van der Waals surface area contributed by atoms with Gasteiger partial charge >= 0.3 is 5.97 Å². The van der Waals surface area contributed by atoms with E-state index in [-0.39, 0.29) is 6.10 Å². The number of hydrogen-bond donors (Lipinski definition) is 1. The van der Waals surface area contributed by atoms with Crippen LogP contribution in [0.3, 0.4) is 0 Å². The molecule has 3 unspecified atom stereocenters. The fraction of sp³-hybridized carbons (Fsp3) is 0.435. The van der Waals surface area contributed by atoms with Crippen molar-refractivity contribution in [2.45, 2.75) is 43.1 Å². The molecule has 0 radical (unpaired) electrons. The molecule has 2 aromatic rings. The van der Waals surface area contributed by atoms with Gasteiger partial charge in [0.1, 0.15) is 17.6 Å². The molecule has 1 saturated carbocycles. The molecule has 4 aliphatic rings. The summed E-state index contributed by atoms with van der Waals surface area (Å²) in [6.07, 6.45) is 2.89. The minimum absolute atomic E-state index is 0.141. The van der Waals surface area contributed by atoms with Gasteiger partial charge in [-0.3, -0.25) is 4.90 Å². The number of hydrogen-bond acceptors (Lipinski definition) is 5. The first-order valence-electron chi connectivity index (χ1n) is 10.1. The van der Waals surface area contributed by atoms with Crippen molar-refractivity contribution in [2.75, 3.05) is 7.05 Å². The molecule has 0 spiro atoms. The van der Waals surface area contributed by atoms with Gasteiger partial charge in [0.25, 0.3) is 0 Å². The van der Waals surface area contributed by atoms with Crippen LogP contribution in [0.5, 0.6) is 11.5 Å². The summed E-state index contributed by atoms with van der Waals surface area (Å²) in [4.78, 5) is 15.8. The van der Waals surface area contributed by atoms with Gasteiger partial charge in [-0.25, -0.2) is 4.79 Å². The van der Waals surface area contributed by atoms with E-state index in [4.69, 9.17) is 9.47 Å². The van der Waals surface area contributed by atoms with Crippen molar-refractivity contribution in [1.29, 1.82) is 0 Å². The Morgan fingerprint density at radius 1 is 1.00 bits per heavy atom. The Morgan fingerprint density at radius 2 is 1.54 bits per heavy atom. The normalized spacial score (nSPS) is 33.9. The van der Waals surface area contributed by atoms with E-state index in [0.29, 0.717) is 34.7 Å². The molecule has 2 bridgehead atoms. The molecule has 0 aromatic heterocycles. The van der Waals surface area contributed by atoms with Crippen LogP contribution in [0.4, 0.5) is 0 Å². The molecule has 144 valence electrons. The highest BCUT2D eigenvalue weighted by molar-refractivity contribution is 5.88. The molecule has 1 aliphatic carbocycles. The number of para-hydroxylation sites is 2. The van der Waals surface area contributed by atoms with E-state index in [0.717, 1.165) is 24.7 Å². The van der Waals surface area contributed by atoms with Crippen LogP contribution in [0.15, 0.2) is 48.5 Å². The number of nitrogens with zero attached hydrogens (tertiary/aromatic N) is 1. The Bertz CT molecular complexity index is 909. The van der Waals surface area contributed by atoms with E-state index < -0.39 is 11.6 Å². The molecule has 2 saturated heterocycles. The number of fused-ring (bicyclic) bond motifs is 7. The minimum atomic E-state index is -1.85. The molecular formula is C23H23NO4. The third kappa shape index (κ3) is 2.12. The minimum Gasteiger partial charge on any atom is -0.460 e. The number of rotatable bonds is 2. The van der Waals surface area contributed by atoms with E-state index >= 15 is 0 Å². The van der Waals surface area contributed by atoms with Crippen LogP contribution in [0.25, 0.3) is 0 Å². The summed E-state index contributed by atoms with van der Waals surface area (Å²) in [5.41, 5.74) is -0.966. The molecule has 28 heavy (non-hydrogen) atoms. The first kappa shape index (κ1) is 16.6. The highest BCUT2D eigenvalue weighted by Gasteiger charge is 2.61. The molecule has 3 heterocycles. The SMILES string of the molecule is CN1C2CC(OC(=O)C3(O)c4ccccc4Oc4ccccc43)C[C@H]1[C@H]1CC21. The standard InChI is InChI=1S/C23H23NO4/c1-24-18-10-13(11-19(24)15-12-14(15)18)27-22(25)23(26)16-6-2-4-8-20(16)28-21-9-5-3-7-17(21)23/h2-9,13-15,18-19,26H,10-12H2,1H3/t13?,14-,15?,18-,19?/m0/s1. The third-order valence-corrected chi connectivity index (χ3v) is 7.28. The van der Waals surface area contributed by atoms with Gasteiger partial charge in [0.15, 0.2) is 0 Å². The Labute approximate surface area is 163 Å². The van der Waals surface area contributed by atoms with Gasteiger partial charge in [0.05, 0.1) is 0 Å². The van der Waals surface area contributed by atoms with Crippen LogP contribution < -0.4 is 4.74 Å². The predicted molar refractivity (Wildman–Crippen MR) is 102 cm³/mol. The molecule has 3 aliphatic heterocycles. The molecule has 2 aromatic carbocycles. The Kier molecular flexibility index (Phi) is 3.30. The monoisotopic (exact) mass is 377 g/mol. The van der Waals surface area contributed by atoms with Gasteiger partial charge < -0.3 is 14.6 Å². The summed E-state index contributed by atoms with van der Waals surface area (Å²) in [5.74, 6) is 1.92. The van der Waals surface area contributed by atoms with E-state index in [1.165, 1.54) is 6.42 Å². The van der Waals surface area contributed by atoms with E-state index in [1.54, 1.807) is 36.4 Å². The maximum atomic E-state index is 13.4. The van der Waals surface area contributed by atoms with Crippen molar-refractivity contribution in [1.82, 2.24) is 4.90 Å². The van der Waals surface area contributed by atoms with Gasteiger partial charge in [-0.2, -0.15) is 0 Å². The zero-order valence-electron chi connectivity index (χ0n) is 15.7. The third-order valence-electron chi connectivity index (χ3n) is 7.28. The van der Waals surface area contributed by atoms with Crippen molar-refractivity contribution in [3.05, 3.63) is 59.7 Å². The number of ether oxygens (including phenoxy) is 2. The average molecular weight is 377 g/mol. The smallest absolute Gasteiger partial charge is 0.348 e. The largest absolute Gasteiger partial charge is 0.460 e. The Balaban J connectivity index is 1.34. The second-order valence-corrected chi connectivity index (χ2v) is 8.67. The topological polar surface area (TPSA) is 59.0 Å². The van der Waals surface area contributed by atoms with E-state index in [9.17, 15) is 9.90 Å². The van der Waals surface area contributed by atoms with Crippen LogP contribution in [-0.2, 0) is 15.1 Å². The number of benzene rings is 2. The zero-order valence-corrected chi connectivity index (χ0v) is 15.7. The van der Waals surface area contributed by atoms with Crippen molar-refractivity contribution in [3.63, 3.8) is 0 Å². The number of aliphatic hydroxyl groups is 1. The lowest BCUT2D eigenvalue weighted by Crippen LogP contribution is -2.49. The first-order valence-corrected chi connectivity index (χ1v) is 10.1. The fourth-order valence-electron chi connectivity index (χ4n) is 5.81. The summed E-state index contributed by atoms with van der Waals surface area (Å²) in [5, 5.41) is 11.7. The molecule has 5 atom stereocenters. The molecule has 6 rings (SSSR count). The van der Waals surface area contributed by atoms with Crippen LogP contribution >= 0.6 is 0 Å². The van der Waals surface area contributed by atoms with Crippen LogP contribution in [0, 0.1) is 11.8 Å². The first-order chi connectivity index (χ1) is 13.6. The van der Waals surface area contributed by atoms with Crippen molar-refractivity contribution in [2.24, 2.45) is 11.8 Å². The van der Waals surface area contributed by atoms with Gasteiger partial charge in [0.2, 0.25) is 5.60 Å². The quantitative estimate of drug-likeness (QED) is 0.815. The molecule has 0 amide bonds. The van der Waals surface area contributed by atoms with Crippen molar-refractivity contribution >= 4 is 5.97 Å². The Hall–Kier alpha value is -2.37. The maximum Gasteiger partial charge on any atom is 0.348 e. The summed E-state index contributed by atoms with van der Waals surface area (Å²) >= 11 is 0. The average Bonchev–Trinajstić information content (AvgIpc) is 3.46. The molecule has 5 heteroatoms. The molecule has 1 N–H and O–H groups in total. The fourth-order valence-corrected chi connectivity index (χ4v) is 5.81. The summed E-state index contributed by atoms with van der Waals surface area (Å²) in [7, 11) is 2.19. The second kappa shape index (κ2) is 5.58. The van der Waals surface area contributed by atoms with Crippen molar-refractivity contribution < 1.29 is 19.4 Å². The maximum absolute atomic E-state index is 13.4. The second-order valence-electron chi connectivity index (χ2n) is 8.67. The predicted octanol–water partition coefficient (Wildman–Crippen LogP) is 3.05. The lowest BCUT2D eigenvalue weighted by molar-refractivity contribution is -0.172. The highest BCUT2D eigenvalue weighted by atomic mass is 16.6. The number of carbonyl (C=O) groups excluding carboxylic acids is 1. The molecular weight excluding hydrogens is 354 g/mol. The van der Waals surface area contributed by atoms with Gasteiger partial charge in [-0.05, 0) is 37.4 Å². The van der Waals surface area contributed by atoms with Gasteiger partial charge in [0, 0.05) is 36.1 Å². The number of carbonyl (C=O) groups is 1. The van der Waals surface area contributed by atoms with Crippen LogP contribution in [-0.4, -0.2) is 41.2 Å². The van der Waals surface area contributed by atoms with E-state index in [1.807, 2.05) is 12.1 Å². The lowest BCUT2D eigenvalue weighted by atomic mass is 9.83. The summed E-state index contributed by atoms with van der Waals surface area (Å²) < 4.78 is 11.9. The summed E-state index contributed by atoms with van der Waals surface area (Å²) in [6.45, 7) is 0. The Morgan fingerprint density at radius 3 is 2.11 bits per heavy atom. The molecule has 5 nitrogen and oxygen atoms in total. The van der Waals surface area contributed by atoms with Crippen LogP contribution in [0.1, 0.15) is 30.4 Å². The van der Waals surface area contributed by atoms with Crippen molar-refractivity contribution in [3.8, 4) is 11.5 Å². The lowest BCUT2D eigenvalue weighted by Gasteiger charge is -2.40. The number of esters is 1. The molecule has 3 fully saturated rings. The zero-order chi connectivity index (χ0) is 19.0.